The molecule has 0 unspecified atom stereocenters. The van der Waals surface area contributed by atoms with Gasteiger partial charge < -0.3 is 9.30 Å². The Morgan fingerprint density at radius 2 is 1.97 bits per heavy atom. The predicted molar refractivity (Wildman–Crippen MR) is 110 cm³/mol. The molecule has 0 saturated heterocycles. The maximum Gasteiger partial charge on any atom is 0.343 e. The van der Waals surface area contributed by atoms with E-state index in [0.717, 1.165) is 11.6 Å². The quantitative estimate of drug-likeness (QED) is 0.346. The van der Waals surface area contributed by atoms with E-state index in [9.17, 15) is 18.4 Å². The van der Waals surface area contributed by atoms with Crippen LogP contribution >= 0.6 is 11.6 Å². The molecule has 0 N–H and O–H groups in total. The molecule has 4 aromatic rings. The molecule has 0 bridgehead atoms. The van der Waals surface area contributed by atoms with Gasteiger partial charge >= 0.3 is 5.97 Å². The predicted octanol–water partition coefficient (Wildman–Crippen LogP) is 3.74. The van der Waals surface area contributed by atoms with E-state index in [-0.39, 0.29) is 23.1 Å². The lowest BCUT2D eigenvalue weighted by atomic mass is 10.1. The van der Waals surface area contributed by atoms with Crippen molar-refractivity contribution in [2.24, 2.45) is 0 Å². The molecule has 0 saturated carbocycles. The van der Waals surface area contributed by atoms with Gasteiger partial charge in [-0.3, -0.25) is 4.79 Å². The Hall–Kier alpha value is -3.59. The largest absolute Gasteiger partial charge is 0.462 e. The Morgan fingerprint density at radius 1 is 1.23 bits per heavy atom. The summed E-state index contributed by atoms with van der Waals surface area (Å²) in [5, 5.41) is 3.24. The van der Waals surface area contributed by atoms with Crippen LogP contribution in [0.4, 0.5) is 8.78 Å². The summed E-state index contributed by atoms with van der Waals surface area (Å²) in [7, 11) is 0. The highest BCUT2D eigenvalue weighted by Gasteiger charge is 2.22. The molecule has 7 nitrogen and oxygen atoms in total. The Morgan fingerprint density at radius 3 is 2.61 bits per heavy atom. The van der Waals surface area contributed by atoms with Crippen molar-refractivity contribution in [1.82, 2.24) is 19.3 Å². The number of pyridine rings is 1. The number of hydrogen-bond donors (Lipinski definition) is 0. The van der Waals surface area contributed by atoms with Crippen molar-refractivity contribution < 1.29 is 18.3 Å². The Kier molecular flexibility index (Phi) is 5.51. The molecule has 0 fully saturated rings. The fourth-order valence-corrected chi connectivity index (χ4v) is 3.50. The fraction of sp³-hybridized carbons (Fsp3) is 0.143. The van der Waals surface area contributed by atoms with Gasteiger partial charge in [0, 0.05) is 11.9 Å². The first-order valence-corrected chi connectivity index (χ1v) is 9.60. The molecule has 0 amide bonds. The van der Waals surface area contributed by atoms with Gasteiger partial charge in [-0.2, -0.15) is 5.10 Å². The second-order valence-electron chi connectivity index (χ2n) is 6.60. The summed E-state index contributed by atoms with van der Waals surface area (Å²) in [4.78, 5) is 29.0. The number of nitrogens with zero attached hydrogens (tertiary/aromatic N) is 4. The molecular formula is C21H15ClF2N4O3. The van der Waals surface area contributed by atoms with E-state index in [1.54, 1.807) is 42.2 Å². The first kappa shape index (κ1) is 20.7. The van der Waals surface area contributed by atoms with Crippen LogP contribution in [0.3, 0.4) is 0 Å². The molecule has 2 aromatic carbocycles. The minimum atomic E-state index is -1.29. The van der Waals surface area contributed by atoms with Gasteiger partial charge in [0.2, 0.25) is 5.43 Å². The van der Waals surface area contributed by atoms with E-state index in [1.165, 1.54) is 17.1 Å². The van der Waals surface area contributed by atoms with Crippen molar-refractivity contribution in [2.75, 3.05) is 6.61 Å². The van der Waals surface area contributed by atoms with Gasteiger partial charge in [-0.1, -0.05) is 23.7 Å². The van der Waals surface area contributed by atoms with Gasteiger partial charge in [0.15, 0.2) is 11.6 Å². The molecule has 4 rings (SSSR count). The van der Waals surface area contributed by atoms with E-state index in [2.05, 4.69) is 10.1 Å². The van der Waals surface area contributed by atoms with Crippen LogP contribution in [0.5, 0.6) is 0 Å². The third-order valence-electron chi connectivity index (χ3n) is 4.65. The number of rotatable bonds is 5. The highest BCUT2D eigenvalue weighted by atomic mass is 35.5. The third kappa shape index (κ3) is 3.79. The SMILES string of the molecule is CCOC(=O)c1cn(-c2ccc(Cn3cncn3)cc2)c2c(Cl)c(F)c(F)cc2c1=O. The third-order valence-corrected chi connectivity index (χ3v) is 4.99. The number of aromatic nitrogens is 4. The maximum absolute atomic E-state index is 14.2. The van der Waals surface area contributed by atoms with Crippen LogP contribution in [-0.2, 0) is 11.3 Å². The molecule has 0 aliphatic carbocycles. The Balaban J connectivity index is 1.91. The van der Waals surface area contributed by atoms with Crippen LogP contribution in [0.25, 0.3) is 16.6 Å². The van der Waals surface area contributed by atoms with Crippen LogP contribution in [0.15, 0.2) is 54.0 Å². The summed E-state index contributed by atoms with van der Waals surface area (Å²) >= 11 is 6.07. The van der Waals surface area contributed by atoms with Crippen LogP contribution < -0.4 is 5.43 Å². The van der Waals surface area contributed by atoms with E-state index in [4.69, 9.17) is 16.3 Å². The molecule has 0 atom stereocenters. The van der Waals surface area contributed by atoms with Crippen molar-refractivity contribution in [2.45, 2.75) is 13.5 Å². The van der Waals surface area contributed by atoms with E-state index < -0.39 is 28.1 Å². The number of carbonyl (C=O) groups excluding carboxylic acids is 1. The Labute approximate surface area is 179 Å². The lowest BCUT2D eigenvalue weighted by Crippen LogP contribution is -2.21. The van der Waals surface area contributed by atoms with Gasteiger partial charge in [0.1, 0.15) is 23.2 Å². The summed E-state index contributed by atoms with van der Waals surface area (Å²) in [6.45, 7) is 2.11. The van der Waals surface area contributed by atoms with Crippen molar-refractivity contribution in [3.63, 3.8) is 0 Å². The van der Waals surface area contributed by atoms with Gasteiger partial charge in [-0.05, 0) is 30.7 Å². The molecular weight excluding hydrogens is 430 g/mol. The van der Waals surface area contributed by atoms with E-state index >= 15 is 0 Å². The zero-order valence-corrected chi connectivity index (χ0v) is 16.9. The first-order chi connectivity index (χ1) is 14.9. The topological polar surface area (TPSA) is 79.0 Å². The number of ether oxygens (including phenoxy) is 1. The van der Waals surface area contributed by atoms with Crippen molar-refractivity contribution in [3.8, 4) is 5.69 Å². The van der Waals surface area contributed by atoms with Crippen LogP contribution in [0.2, 0.25) is 5.02 Å². The number of esters is 1. The normalized spacial score (nSPS) is 11.1. The fourth-order valence-electron chi connectivity index (χ4n) is 3.21. The average Bonchev–Trinajstić information content (AvgIpc) is 3.26. The van der Waals surface area contributed by atoms with Crippen molar-refractivity contribution in [3.05, 3.63) is 87.2 Å². The maximum atomic E-state index is 14.2. The summed E-state index contributed by atoms with van der Waals surface area (Å²) in [6, 6.07) is 7.71. The molecule has 31 heavy (non-hydrogen) atoms. The van der Waals surface area contributed by atoms with E-state index in [0.29, 0.717) is 12.2 Å². The molecule has 10 heteroatoms. The lowest BCUT2D eigenvalue weighted by molar-refractivity contribution is 0.0524. The first-order valence-electron chi connectivity index (χ1n) is 9.22. The van der Waals surface area contributed by atoms with Crippen molar-refractivity contribution >= 4 is 28.5 Å². The second kappa shape index (κ2) is 8.27. The Bertz CT molecular complexity index is 1340. The smallest absolute Gasteiger partial charge is 0.343 e. The molecule has 0 radical (unpaired) electrons. The molecule has 0 spiro atoms. The summed E-state index contributed by atoms with van der Waals surface area (Å²) in [5.41, 5.74) is 0.207. The zero-order valence-electron chi connectivity index (χ0n) is 16.2. The van der Waals surface area contributed by atoms with Gasteiger partial charge in [0.25, 0.3) is 0 Å². The highest BCUT2D eigenvalue weighted by Crippen LogP contribution is 2.29. The van der Waals surface area contributed by atoms with Crippen molar-refractivity contribution in [1.29, 1.82) is 0 Å². The molecule has 0 aliphatic rings. The average molecular weight is 445 g/mol. The molecule has 2 heterocycles. The summed E-state index contributed by atoms with van der Waals surface area (Å²) in [5.74, 6) is -3.44. The van der Waals surface area contributed by atoms with Gasteiger partial charge in [-0.15, -0.1) is 0 Å². The number of carbonyl (C=O) groups is 1. The van der Waals surface area contributed by atoms with Gasteiger partial charge in [0.05, 0.1) is 24.1 Å². The number of halogens is 3. The highest BCUT2D eigenvalue weighted by molar-refractivity contribution is 6.35. The van der Waals surface area contributed by atoms with E-state index in [1.807, 2.05) is 0 Å². The minimum absolute atomic E-state index is 0.0474. The van der Waals surface area contributed by atoms with Crippen LogP contribution in [0.1, 0.15) is 22.8 Å². The lowest BCUT2D eigenvalue weighted by Gasteiger charge is -2.15. The standard InChI is InChI=1S/C21H15ClF2N4O3/c1-2-31-21(30)15-9-28(19-14(20(15)29)7-16(23)18(24)17(19)22)13-5-3-12(4-6-13)8-27-11-25-10-26-27/h3-7,9-11H,2,8H2,1H3. The molecule has 158 valence electrons. The number of fused-ring (bicyclic) bond motifs is 1. The van der Waals surface area contributed by atoms with Crippen LogP contribution in [-0.4, -0.2) is 31.9 Å². The summed E-state index contributed by atoms with van der Waals surface area (Å²) < 4.78 is 36.2. The van der Waals surface area contributed by atoms with Gasteiger partial charge in [-0.25, -0.2) is 23.2 Å². The van der Waals surface area contributed by atoms with Crippen LogP contribution in [0, 0.1) is 11.6 Å². The molecule has 2 aromatic heterocycles. The number of benzene rings is 2. The second-order valence-corrected chi connectivity index (χ2v) is 6.98. The minimum Gasteiger partial charge on any atom is -0.462 e. The summed E-state index contributed by atoms with van der Waals surface area (Å²) in [6.07, 6.45) is 4.22. The monoisotopic (exact) mass is 444 g/mol. The zero-order chi connectivity index (χ0) is 22.1. The molecule has 0 aliphatic heterocycles. The number of hydrogen-bond acceptors (Lipinski definition) is 5.